The molecule has 5 fully saturated rings. The molecule has 1 aliphatic heterocycles. The summed E-state index contributed by atoms with van der Waals surface area (Å²) < 4.78 is 29.9. The summed E-state index contributed by atoms with van der Waals surface area (Å²) in [6.07, 6.45) is 21.8. The van der Waals surface area contributed by atoms with Gasteiger partial charge < -0.3 is 20.1 Å². The molecule has 1 saturated heterocycles. The number of halogens is 1. The van der Waals surface area contributed by atoms with E-state index in [0.29, 0.717) is 84.0 Å². The summed E-state index contributed by atoms with van der Waals surface area (Å²) in [5.74, 6) is 3.29. The largest absolute Gasteiger partial charge is 0.493 e. The first-order valence-electron chi connectivity index (χ1n) is 22.0. The van der Waals surface area contributed by atoms with Crippen molar-refractivity contribution in [1.29, 1.82) is 0 Å². The average Bonchev–Trinajstić information content (AvgIpc) is 3.57. The number of hydrogen-bond donors (Lipinski definition) is 2. The Morgan fingerprint density at radius 1 is 0.946 bits per heavy atom. The van der Waals surface area contributed by atoms with Crippen molar-refractivity contribution in [3.8, 4) is 5.75 Å². The van der Waals surface area contributed by atoms with Gasteiger partial charge in [0.25, 0.3) is 0 Å². The second-order valence-corrected chi connectivity index (χ2v) is 23.4. The second kappa shape index (κ2) is 14.7. The van der Waals surface area contributed by atoms with Crippen molar-refractivity contribution in [2.24, 2.45) is 50.7 Å². The van der Waals surface area contributed by atoms with Crippen molar-refractivity contribution in [3.63, 3.8) is 0 Å². The smallest absolute Gasteiger partial charge is 0.310 e. The number of carbonyl (C=O) groups is 1. The van der Waals surface area contributed by atoms with E-state index in [0.717, 1.165) is 37.8 Å². The standard InChI is InChI=1S/C46H68ClN3O5S/c1-41(2)34(32-10-18-45(19-11-32,40(51)52)22-28-55-33-14-23-48-39(47)31-33)12-16-42(3)37(41)13-17-44(5)38(42)9-8-35-36-7-6-15-46(36,21-20-43(35,44)4)49-24-25-50-26-29-56(53,54)30-27-50/h10,12,14,23,31,35-38,49H,6-9,11,13,15-22,24-30H2,1-5H3,(H,51,52)/t35?,36-,37?,38?,42?,43-,44?,45?,46+/m1/s1. The molecule has 10 heteroatoms. The van der Waals surface area contributed by atoms with E-state index >= 15 is 0 Å². The minimum atomic E-state index is -2.85. The molecular formula is C46H68ClN3O5S. The number of rotatable bonds is 10. The number of fused-ring (bicyclic) bond motifs is 7. The highest BCUT2D eigenvalue weighted by molar-refractivity contribution is 7.91. The van der Waals surface area contributed by atoms with Crippen LogP contribution < -0.4 is 10.1 Å². The molecular weight excluding hydrogens is 742 g/mol. The van der Waals surface area contributed by atoms with Crippen molar-refractivity contribution in [3.05, 3.63) is 46.8 Å². The Hall–Kier alpha value is -1.94. The molecule has 0 aromatic carbocycles. The van der Waals surface area contributed by atoms with Crippen LogP contribution in [0.5, 0.6) is 5.75 Å². The van der Waals surface area contributed by atoms with Crippen molar-refractivity contribution in [1.82, 2.24) is 15.2 Å². The molecule has 2 N–H and O–H groups in total. The van der Waals surface area contributed by atoms with Gasteiger partial charge in [-0.25, -0.2) is 13.4 Å². The number of pyridine rings is 1. The number of ether oxygens (including phenoxy) is 1. The number of hydrogen-bond acceptors (Lipinski definition) is 7. The average molecular weight is 811 g/mol. The van der Waals surface area contributed by atoms with Gasteiger partial charge in [-0.3, -0.25) is 4.79 Å². The molecule has 9 atom stereocenters. The van der Waals surface area contributed by atoms with Crippen LogP contribution in [0, 0.1) is 50.7 Å². The van der Waals surface area contributed by atoms with E-state index in [9.17, 15) is 18.3 Å². The number of nitrogens with zero attached hydrogens (tertiary/aromatic N) is 2. The number of sulfone groups is 1. The predicted octanol–water partition coefficient (Wildman–Crippen LogP) is 9.15. The Kier molecular flexibility index (Phi) is 10.7. The predicted molar refractivity (Wildman–Crippen MR) is 224 cm³/mol. The van der Waals surface area contributed by atoms with E-state index in [1.165, 1.54) is 68.9 Å². The lowest BCUT2D eigenvalue weighted by atomic mass is 9.33. The first-order chi connectivity index (χ1) is 26.5. The first-order valence-corrected chi connectivity index (χ1v) is 24.2. The van der Waals surface area contributed by atoms with E-state index in [1.807, 2.05) is 0 Å². The van der Waals surface area contributed by atoms with Crippen LogP contribution in [-0.2, 0) is 14.6 Å². The molecule has 6 aliphatic carbocycles. The van der Waals surface area contributed by atoms with Crippen LogP contribution in [0.15, 0.2) is 41.6 Å². The molecule has 8 rings (SSSR count). The van der Waals surface area contributed by atoms with Crippen LogP contribution in [0.1, 0.15) is 125 Å². The Bertz CT molecular complexity index is 1850. The Balaban J connectivity index is 0.958. The minimum Gasteiger partial charge on any atom is -0.493 e. The highest BCUT2D eigenvalue weighted by atomic mass is 35.5. The third-order valence-corrected chi connectivity index (χ3v) is 20.1. The molecule has 7 aliphatic rings. The van der Waals surface area contributed by atoms with Crippen molar-refractivity contribution in [2.75, 3.05) is 44.3 Å². The van der Waals surface area contributed by atoms with Crippen molar-refractivity contribution >= 4 is 27.4 Å². The van der Waals surface area contributed by atoms with Gasteiger partial charge in [0, 0.05) is 44.0 Å². The molecule has 8 nitrogen and oxygen atoms in total. The van der Waals surface area contributed by atoms with Gasteiger partial charge in [0.2, 0.25) is 0 Å². The topological polar surface area (TPSA) is 109 Å². The highest BCUT2D eigenvalue weighted by Gasteiger charge is 2.69. The lowest BCUT2D eigenvalue weighted by molar-refractivity contribution is -0.218. The Morgan fingerprint density at radius 3 is 2.45 bits per heavy atom. The van der Waals surface area contributed by atoms with Crippen LogP contribution in [0.4, 0.5) is 0 Å². The number of aliphatic carboxylic acids is 1. The molecule has 6 unspecified atom stereocenters. The highest BCUT2D eigenvalue weighted by Crippen LogP contribution is 2.76. The maximum Gasteiger partial charge on any atom is 0.310 e. The summed E-state index contributed by atoms with van der Waals surface area (Å²) in [5.41, 5.74) is 3.20. The lowest BCUT2D eigenvalue weighted by Gasteiger charge is -2.72. The van der Waals surface area contributed by atoms with Gasteiger partial charge in [-0.05, 0) is 146 Å². The zero-order valence-electron chi connectivity index (χ0n) is 34.8. The molecule has 0 radical (unpaired) electrons. The third-order valence-electron chi connectivity index (χ3n) is 18.2. The molecule has 56 heavy (non-hydrogen) atoms. The van der Waals surface area contributed by atoms with Gasteiger partial charge in [-0.2, -0.15) is 0 Å². The van der Waals surface area contributed by atoms with E-state index in [-0.39, 0.29) is 16.4 Å². The third kappa shape index (κ3) is 6.73. The fourth-order valence-electron chi connectivity index (χ4n) is 15.0. The number of nitrogens with one attached hydrogen (secondary N) is 1. The van der Waals surface area contributed by atoms with E-state index in [1.54, 1.807) is 18.3 Å². The first kappa shape index (κ1) is 40.8. The molecule has 310 valence electrons. The second-order valence-electron chi connectivity index (χ2n) is 20.7. The molecule has 0 spiro atoms. The number of carboxylic acids is 1. The van der Waals surface area contributed by atoms with Crippen LogP contribution in [-0.4, -0.2) is 79.2 Å². The van der Waals surface area contributed by atoms with Gasteiger partial charge in [-0.1, -0.05) is 64.8 Å². The molecule has 4 saturated carbocycles. The molecule has 1 aromatic heterocycles. The fraction of sp³-hybridized carbons (Fsp3) is 0.783. The van der Waals surface area contributed by atoms with Crippen LogP contribution in [0.2, 0.25) is 5.15 Å². The van der Waals surface area contributed by atoms with Gasteiger partial charge in [-0.15, -0.1) is 0 Å². The zero-order valence-corrected chi connectivity index (χ0v) is 36.4. The molecule has 0 amide bonds. The summed E-state index contributed by atoms with van der Waals surface area (Å²) >= 11 is 6.04. The summed E-state index contributed by atoms with van der Waals surface area (Å²) in [6.45, 7) is 16.7. The monoisotopic (exact) mass is 809 g/mol. The number of aromatic nitrogens is 1. The van der Waals surface area contributed by atoms with E-state index in [4.69, 9.17) is 16.3 Å². The van der Waals surface area contributed by atoms with Gasteiger partial charge in [0.15, 0.2) is 9.84 Å². The van der Waals surface area contributed by atoms with Crippen LogP contribution >= 0.6 is 11.6 Å². The van der Waals surface area contributed by atoms with Crippen molar-refractivity contribution in [2.45, 2.75) is 130 Å². The molecule has 2 heterocycles. The summed E-state index contributed by atoms with van der Waals surface area (Å²) in [5, 5.41) is 15.0. The van der Waals surface area contributed by atoms with Gasteiger partial charge in [0.1, 0.15) is 10.9 Å². The minimum absolute atomic E-state index is 0.0283. The summed E-state index contributed by atoms with van der Waals surface area (Å²) in [6, 6.07) is 3.43. The number of carboxylic acid groups (broad SMARTS) is 1. The normalized spacial score (nSPS) is 41.6. The maximum atomic E-state index is 12.8. The molecule has 0 bridgehead atoms. The lowest BCUT2D eigenvalue weighted by Crippen LogP contribution is -2.67. The zero-order chi connectivity index (χ0) is 39.8. The van der Waals surface area contributed by atoms with Gasteiger partial charge >= 0.3 is 5.97 Å². The van der Waals surface area contributed by atoms with Crippen molar-refractivity contribution < 1.29 is 23.1 Å². The van der Waals surface area contributed by atoms with Gasteiger partial charge in [0.05, 0.1) is 23.5 Å². The Labute approximate surface area is 342 Å². The summed E-state index contributed by atoms with van der Waals surface area (Å²) in [4.78, 5) is 19.1. The molecule has 1 aromatic rings. The fourth-order valence-corrected chi connectivity index (χ4v) is 16.4. The summed E-state index contributed by atoms with van der Waals surface area (Å²) in [7, 11) is -2.85. The quantitative estimate of drug-likeness (QED) is 0.226. The maximum absolute atomic E-state index is 12.8. The van der Waals surface area contributed by atoms with E-state index in [2.05, 4.69) is 62.0 Å². The van der Waals surface area contributed by atoms with E-state index < -0.39 is 21.2 Å². The number of allylic oxidation sites excluding steroid dienone is 4. The SMILES string of the molecule is CC1(C)C(C2=CCC(CCOc3ccnc(Cl)c3)(C(=O)O)CC2)=CCC2(C)C1CCC1(C)C2CCC2[C@H]3CCC[C@]3(NCCN3CCS(=O)(=O)CC3)CC[C@]21C. The van der Waals surface area contributed by atoms with Crippen LogP contribution in [0.25, 0.3) is 0 Å². The van der Waals surface area contributed by atoms with Crippen LogP contribution in [0.3, 0.4) is 0 Å². The Morgan fingerprint density at radius 2 is 1.73 bits per heavy atom.